The summed E-state index contributed by atoms with van der Waals surface area (Å²) in [4.78, 5) is 0. The molecule has 0 bridgehead atoms. The maximum absolute atomic E-state index is 5.64. The molecule has 1 aliphatic heterocycles. The van der Waals surface area contributed by atoms with E-state index in [9.17, 15) is 0 Å². The highest BCUT2D eigenvalue weighted by Crippen LogP contribution is 2.28. The molecule has 100 valence electrons. The van der Waals surface area contributed by atoms with Gasteiger partial charge in [0.05, 0.1) is 0 Å². The minimum Gasteiger partial charge on any atom is -0.492 e. The fourth-order valence-electron chi connectivity index (χ4n) is 2.19. The van der Waals surface area contributed by atoms with Crippen LogP contribution in [-0.2, 0) is 4.74 Å². The summed E-state index contributed by atoms with van der Waals surface area (Å²) in [7, 11) is 0. The SMILES string of the molecule is CC1(CNCCOc2ccccc2)CCOCC1. The first kappa shape index (κ1) is 13.4. The van der Waals surface area contributed by atoms with Gasteiger partial charge in [-0.3, -0.25) is 0 Å². The third-order valence-corrected chi connectivity index (χ3v) is 3.54. The molecule has 1 heterocycles. The molecule has 1 saturated heterocycles. The van der Waals surface area contributed by atoms with E-state index >= 15 is 0 Å². The van der Waals surface area contributed by atoms with Crippen molar-refractivity contribution in [1.82, 2.24) is 5.32 Å². The number of para-hydroxylation sites is 1. The summed E-state index contributed by atoms with van der Waals surface area (Å²) in [5, 5.41) is 3.49. The van der Waals surface area contributed by atoms with Crippen molar-refractivity contribution in [3.05, 3.63) is 30.3 Å². The standard InChI is InChI=1S/C15H23NO2/c1-15(7-10-17-11-8-15)13-16-9-12-18-14-5-3-2-4-6-14/h2-6,16H,7-13H2,1H3. The molecule has 1 fully saturated rings. The van der Waals surface area contributed by atoms with Gasteiger partial charge in [-0.05, 0) is 30.4 Å². The Morgan fingerprint density at radius 1 is 1.22 bits per heavy atom. The van der Waals surface area contributed by atoms with Crippen molar-refractivity contribution in [2.75, 3.05) is 32.9 Å². The average Bonchev–Trinajstić information content (AvgIpc) is 2.40. The minimum absolute atomic E-state index is 0.394. The summed E-state index contributed by atoms with van der Waals surface area (Å²) >= 11 is 0. The zero-order valence-electron chi connectivity index (χ0n) is 11.2. The lowest BCUT2D eigenvalue weighted by Crippen LogP contribution is -2.38. The largest absolute Gasteiger partial charge is 0.492 e. The highest BCUT2D eigenvalue weighted by Gasteiger charge is 2.26. The molecule has 3 nitrogen and oxygen atoms in total. The highest BCUT2D eigenvalue weighted by molar-refractivity contribution is 5.20. The van der Waals surface area contributed by atoms with Crippen LogP contribution in [0.3, 0.4) is 0 Å². The number of nitrogens with one attached hydrogen (secondary N) is 1. The molecule has 0 amide bonds. The molecule has 1 N–H and O–H groups in total. The molecule has 0 saturated carbocycles. The molecule has 0 spiro atoms. The van der Waals surface area contributed by atoms with Crippen LogP contribution in [0.15, 0.2) is 30.3 Å². The van der Waals surface area contributed by atoms with Gasteiger partial charge < -0.3 is 14.8 Å². The Kier molecular flexibility index (Phi) is 5.02. The van der Waals surface area contributed by atoms with Crippen LogP contribution >= 0.6 is 0 Å². The monoisotopic (exact) mass is 249 g/mol. The van der Waals surface area contributed by atoms with Crippen molar-refractivity contribution in [2.24, 2.45) is 5.41 Å². The van der Waals surface area contributed by atoms with Crippen molar-refractivity contribution in [1.29, 1.82) is 0 Å². The smallest absolute Gasteiger partial charge is 0.119 e. The molecule has 3 heteroatoms. The van der Waals surface area contributed by atoms with Gasteiger partial charge in [0, 0.05) is 26.3 Å². The second-order valence-corrected chi connectivity index (χ2v) is 5.26. The third-order valence-electron chi connectivity index (χ3n) is 3.54. The van der Waals surface area contributed by atoms with Crippen molar-refractivity contribution in [2.45, 2.75) is 19.8 Å². The van der Waals surface area contributed by atoms with Gasteiger partial charge >= 0.3 is 0 Å². The number of benzene rings is 1. The van der Waals surface area contributed by atoms with E-state index in [1.807, 2.05) is 30.3 Å². The van der Waals surface area contributed by atoms with Crippen molar-refractivity contribution in [3.63, 3.8) is 0 Å². The van der Waals surface area contributed by atoms with Gasteiger partial charge in [-0.25, -0.2) is 0 Å². The van der Waals surface area contributed by atoms with E-state index in [-0.39, 0.29) is 0 Å². The zero-order valence-corrected chi connectivity index (χ0v) is 11.2. The average molecular weight is 249 g/mol. The molecule has 1 aliphatic rings. The number of ether oxygens (including phenoxy) is 2. The Morgan fingerprint density at radius 2 is 1.94 bits per heavy atom. The lowest BCUT2D eigenvalue weighted by atomic mass is 9.82. The van der Waals surface area contributed by atoms with Crippen LogP contribution in [0, 0.1) is 5.41 Å². The quantitative estimate of drug-likeness (QED) is 0.786. The lowest BCUT2D eigenvalue weighted by Gasteiger charge is -2.33. The molecule has 2 rings (SSSR count). The van der Waals surface area contributed by atoms with E-state index in [1.165, 1.54) is 0 Å². The summed E-state index contributed by atoms with van der Waals surface area (Å²) in [5.74, 6) is 0.941. The van der Waals surface area contributed by atoms with Crippen LogP contribution in [-0.4, -0.2) is 32.9 Å². The molecule has 0 unspecified atom stereocenters. The van der Waals surface area contributed by atoms with E-state index in [1.54, 1.807) is 0 Å². The highest BCUT2D eigenvalue weighted by atomic mass is 16.5. The summed E-state index contributed by atoms with van der Waals surface area (Å²) in [6, 6.07) is 9.95. The van der Waals surface area contributed by atoms with Crippen molar-refractivity contribution in [3.8, 4) is 5.75 Å². The third kappa shape index (κ3) is 4.31. The number of rotatable bonds is 6. The number of hydrogen-bond acceptors (Lipinski definition) is 3. The molecular weight excluding hydrogens is 226 g/mol. The van der Waals surface area contributed by atoms with Gasteiger partial charge in [0.15, 0.2) is 0 Å². The van der Waals surface area contributed by atoms with Crippen LogP contribution in [0.5, 0.6) is 5.75 Å². The molecule has 0 radical (unpaired) electrons. The fourth-order valence-corrected chi connectivity index (χ4v) is 2.19. The van der Waals surface area contributed by atoms with E-state index in [2.05, 4.69) is 12.2 Å². The van der Waals surface area contributed by atoms with Crippen LogP contribution < -0.4 is 10.1 Å². The molecular formula is C15H23NO2. The van der Waals surface area contributed by atoms with Gasteiger partial charge in [0.2, 0.25) is 0 Å². The maximum Gasteiger partial charge on any atom is 0.119 e. The maximum atomic E-state index is 5.64. The molecule has 1 aromatic carbocycles. The van der Waals surface area contributed by atoms with E-state index in [0.717, 1.165) is 51.5 Å². The Balaban J connectivity index is 1.58. The van der Waals surface area contributed by atoms with Gasteiger partial charge in [-0.1, -0.05) is 25.1 Å². The van der Waals surface area contributed by atoms with E-state index in [0.29, 0.717) is 5.41 Å². The Hall–Kier alpha value is -1.06. The van der Waals surface area contributed by atoms with Crippen LogP contribution in [0.4, 0.5) is 0 Å². The summed E-state index contributed by atoms with van der Waals surface area (Å²) in [6.07, 6.45) is 2.30. The van der Waals surface area contributed by atoms with Crippen LogP contribution in [0.1, 0.15) is 19.8 Å². The molecule has 0 aromatic heterocycles. The molecule has 0 atom stereocenters. The second-order valence-electron chi connectivity index (χ2n) is 5.26. The van der Waals surface area contributed by atoms with E-state index < -0.39 is 0 Å². The fraction of sp³-hybridized carbons (Fsp3) is 0.600. The molecule has 1 aromatic rings. The first-order chi connectivity index (χ1) is 8.79. The predicted molar refractivity (Wildman–Crippen MR) is 73.0 cm³/mol. The summed E-state index contributed by atoms with van der Waals surface area (Å²) < 4.78 is 11.0. The zero-order chi connectivity index (χ0) is 12.7. The topological polar surface area (TPSA) is 30.5 Å². The lowest BCUT2D eigenvalue weighted by molar-refractivity contribution is 0.0239. The Labute approximate surface area is 109 Å². The first-order valence-electron chi connectivity index (χ1n) is 6.75. The molecule has 0 aliphatic carbocycles. The van der Waals surface area contributed by atoms with Crippen LogP contribution in [0.25, 0.3) is 0 Å². The Morgan fingerprint density at radius 3 is 2.67 bits per heavy atom. The minimum atomic E-state index is 0.394. The summed E-state index contributed by atoms with van der Waals surface area (Å²) in [5.41, 5.74) is 0.394. The van der Waals surface area contributed by atoms with E-state index in [4.69, 9.17) is 9.47 Å². The normalized spacial score (nSPS) is 18.5. The van der Waals surface area contributed by atoms with Gasteiger partial charge in [-0.15, -0.1) is 0 Å². The predicted octanol–water partition coefficient (Wildman–Crippen LogP) is 2.47. The van der Waals surface area contributed by atoms with Gasteiger partial charge in [0.25, 0.3) is 0 Å². The van der Waals surface area contributed by atoms with Crippen LogP contribution in [0.2, 0.25) is 0 Å². The first-order valence-corrected chi connectivity index (χ1v) is 6.75. The number of hydrogen-bond donors (Lipinski definition) is 1. The van der Waals surface area contributed by atoms with Crippen molar-refractivity contribution < 1.29 is 9.47 Å². The molecule has 18 heavy (non-hydrogen) atoms. The van der Waals surface area contributed by atoms with Gasteiger partial charge in [-0.2, -0.15) is 0 Å². The summed E-state index contributed by atoms with van der Waals surface area (Å²) in [6.45, 7) is 6.80. The second kappa shape index (κ2) is 6.76. The Bertz CT molecular complexity index is 334. The van der Waals surface area contributed by atoms with Crippen molar-refractivity contribution >= 4 is 0 Å². The van der Waals surface area contributed by atoms with Gasteiger partial charge in [0.1, 0.15) is 12.4 Å².